The number of furan rings is 3. The van der Waals surface area contributed by atoms with Crippen molar-refractivity contribution in [1.82, 2.24) is 0 Å². The largest absolute Gasteiger partial charge is 0.454 e. The van der Waals surface area contributed by atoms with Crippen LogP contribution in [0.4, 0.5) is 34.1 Å². The van der Waals surface area contributed by atoms with E-state index in [9.17, 15) is 0 Å². The molecule has 0 amide bonds. The van der Waals surface area contributed by atoms with E-state index >= 15 is 0 Å². The summed E-state index contributed by atoms with van der Waals surface area (Å²) >= 11 is 0. The normalized spacial score (nSPS) is 15.1. The Kier molecular flexibility index (Phi) is 10.1. The average Bonchev–Trinajstić information content (AvgIpc) is 4.12. The van der Waals surface area contributed by atoms with Crippen LogP contribution >= 0.6 is 0 Å². The summed E-state index contributed by atoms with van der Waals surface area (Å²) in [7, 11) is 0. The number of para-hydroxylation sites is 5. The number of fused-ring (bicyclic) bond motifs is 10. The van der Waals surface area contributed by atoms with E-state index in [-0.39, 0.29) is 0 Å². The number of benzene rings is 9. The van der Waals surface area contributed by atoms with Gasteiger partial charge in [0.25, 0.3) is 0 Å². The molecule has 2 fully saturated rings. The lowest BCUT2D eigenvalue weighted by Crippen LogP contribution is -2.14. The van der Waals surface area contributed by atoms with Crippen LogP contribution in [-0.2, 0) is 0 Å². The fraction of sp³-hybridized carbons (Fsp3) is 0.212. The van der Waals surface area contributed by atoms with Crippen molar-refractivity contribution in [2.45, 2.75) is 89.9 Å². The fourth-order valence-electron chi connectivity index (χ4n) is 12.8. The molecular formula is C66H56N2O3. The van der Waals surface area contributed by atoms with Crippen LogP contribution in [0.5, 0.6) is 0 Å². The number of hydrogen-bond acceptors (Lipinski definition) is 5. The molecular weight excluding hydrogens is 869 g/mol. The quantitative estimate of drug-likeness (QED) is 0.142. The van der Waals surface area contributed by atoms with E-state index in [2.05, 4.69) is 194 Å². The van der Waals surface area contributed by atoms with Crippen molar-refractivity contribution in [1.29, 1.82) is 0 Å². The Morgan fingerprint density at radius 3 is 1.30 bits per heavy atom. The van der Waals surface area contributed by atoms with Crippen LogP contribution in [0.15, 0.2) is 183 Å². The number of nitrogens with zero attached hydrogens (tertiary/aromatic N) is 2. The summed E-state index contributed by atoms with van der Waals surface area (Å²) in [5.41, 5.74) is 16.5. The molecule has 5 nitrogen and oxygen atoms in total. The fourth-order valence-corrected chi connectivity index (χ4v) is 12.8. The lowest BCUT2D eigenvalue weighted by Gasteiger charge is -2.31. The van der Waals surface area contributed by atoms with Crippen LogP contribution < -0.4 is 9.80 Å². The molecule has 5 heteroatoms. The summed E-state index contributed by atoms with van der Waals surface area (Å²) in [4.78, 5) is 4.87. The molecule has 0 aliphatic heterocycles. The average molecular weight is 925 g/mol. The van der Waals surface area contributed by atoms with E-state index in [0.29, 0.717) is 11.8 Å². The summed E-state index contributed by atoms with van der Waals surface area (Å²) in [5.74, 6) is 0.996. The highest BCUT2D eigenvalue weighted by Gasteiger charge is 2.33. The third-order valence-corrected chi connectivity index (χ3v) is 16.1. The van der Waals surface area contributed by atoms with Gasteiger partial charge in [-0.05, 0) is 116 Å². The third kappa shape index (κ3) is 6.80. The predicted octanol–water partition coefficient (Wildman–Crippen LogP) is 20.2. The Labute approximate surface area is 413 Å². The molecule has 0 bridgehead atoms. The minimum absolute atomic E-state index is 0.497. The molecule has 2 aliphatic carbocycles. The zero-order chi connectivity index (χ0) is 47.2. The van der Waals surface area contributed by atoms with E-state index in [4.69, 9.17) is 13.3 Å². The molecule has 12 aromatic rings. The highest BCUT2D eigenvalue weighted by atomic mass is 16.3. The van der Waals surface area contributed by atoms with Crippen LogP contribution in [0.2, 0.25) is 0 Å². The van der Waals surface area contributed by atoms with Gasteiger partial charge in [0.1, 0.15) is 16.7 Å². The van der Waals surface area contributed by atoms with Crippen molar-refractivity contribution < 1.29 is 13.3 Å². The first kappa shape index (κ1) is 42.1. The number of hydrogen-bond donors (Lipinski definition) is 0. The molecule has 0 atom stereocenters. The van der Waals surface area contributed by atoms with E-state index < -0.39 is 0 Å². The molecule has 3 heterocycles. The summed E-state index contributed by atoms with van der Waals surface area (Å²) in [6, 6.07) is 62.1. The van der Waals surface area contributed by atoms with Crippen molar-refractivity contribution in [2.24, 2.45) is 0 Å². The summed E-state index contributed by atoms with van der Waals surface area (Å²) in [5, 5.41) is 8.80. The molecule has 3 aromatic heterocycles. The molecule has 0 unspecified atom stereocenters. The second-order valence-electron chi connectivity index (χ2n) is 20.5. The van der Waals surface area contributed by atoms with Gasteiger partial charge >= 0.3 is 0 Å². The summed E-state index contributed by atoms with van der Waals surface area (Å²) < 4.78 is 22.0. The first-order chi connectivity index (χ1) is 35.1. The van der Waals surface area contributed by atoms with Gasteiger partial charge in [-0.3, -0.25) is 0 Å². The lowest BCUT2D eigenvalue weighted by molar-refractivity contribution is 0.442. The third-order valence-electron chi connectivity index (χ3n) is 16.1. The minimum atomic E-state index is 0.497. The first-order valence-corrected chi connectivity index (χ1v) is 26.1. The van der Waals surface area contributed by atoms with Gasteiger partial charge in [0.2, 0.25) is 0 Å². The topological polar surface area (TPSA) is 45.9 Å². The highest BCUT2D eigenvalue weighted by molar-refractivity contribution is 6.29. The smallest absolute Gasteiger partial charge is 0.162 e. The summed E-state index contributed by atoms with van der Waals surface area (Å²) in [6.07, 6.45) is 12.5. The Bertz CT molecular complexity index is 4030. The molecule has 14 rings (SSSR count). The minimum Gasteiger partial charge on any atom is -0.454 e. The van der Waals surface area contributed by atoms with Crippen molar-refractivity contribution in [3.63, 3.8) is 0 Å². The van der Waals surface area contributed by atoms with E-state index in [1.165, 1.54) is 97.2 Å². The van der Waals surface area contributed by atoms with Gasteiger partial charge in [-0.1, -0.05) is 166 Å². The van der Waals surface area contributed by atoms with Crippen LogP contribution in [0.1, 0.15) is 98.3 Å². The molecule has 2 aliphatic rings. The molecule has 2 saturated carbocycles. The number of aryl methyl sites for hydroxylation is 2. The number of rotatable bonds is 8. The van der Waals surface area contributed by atoms with Crippen LogP contribution in [-0.4, -0.2) is 0 Å². The van der Waals surface area contributed by atoms with Gasteiger partial charge in [0.05, 0.1) is 28.1 Å². The van der Waals surface area contributed by atoms with Crippen molar-refractivity contribution in [3.8, 4) is 0 Å². The van der Waals surface area contributed by atoms with Crippen molar-refractivity contribution in [2.75, 3.05) is 9.80 Å². The molecule has 0 saturated heterocycles. The van der Waals surface area contributed by atoms with Crippen LogP contribution in [0, 0.1) is 13.8 Å². The molecule has 9 aromatic carbocycles. The van der Waals surface area contributed by atoms with Gasteiger partial charge in [0, 0.05) is 49.1 Å². The summed E-state index contributed by atoms with van der Waals surface area (Å²) in [6.45, 7) is 4.36. The van der Waals surface area contributed by atoms with Gasteiger partial charge in [-0.15, -0.1) is 0 Å². The number of anilines is 6. The zero-order valence-corrected chi connectivity index (χ0v) is 40.5. The van der Waals surface area contributed by atoms with Gasteiger partial charge < -0.3 is 23.1 Å². The van der Waals surface area contributed by atoms with E-state index in [1.807, 2.05) is 0 Å². The van der Waals surface area contributed by atoms with Gasteiger partial charge in [-0.25, -0.2) is 0 Å². The molecule has 71 heavy (non-hydrogen) atoms. The molecule has 0 N–H and O–H groups in total. The maximum atomic E-state index is 7.40. The Hall–Kier alpha value is -7.76. The van der Waals surface area contributed by atoms with Gasteiger partial charge in [0.15, 0.2) is 16.7 Å². The molecule has 0 spiro atoms. The standard InChI is InChI=1S/C66H56N2O3/c1-41-19-13-25-45(39-41)67(56-36-17-34-53-51-32-15-30-47(62(51)70-64(53)56)43-21-5-3-6-22-43)60-49-27-9-10-28-50(49)61(66-59(60)55-29-11-12-38-58(55)69-66)68(46-26-14-20-42(2)40-46)57-37-18-35-54-52-33-16-31-48(63(52)71-65(54)57)44-23-7-4-8-24-44/h9-20,25-40,43-44H,3-8,21-24H2,1-2H3. The monoisotopic (exact) mass is 924 g/mol. The highest BCUT2D eigenvalue weighted by Crippen LogP contribution is 2.56. The first-order valence-electron chi connectivity index (χ1n) is 26.1. The van der Waals surface area contributed by atoms with Crippen LogP contribution in [0.25, 0.3) is 76.6 Å². The molecule has 348 valence electrons. The van der Waals surface area contributed by atoms with Crippen molar-refractivity contribution >= 4 is 111 Å². The van der Waals surface area contributed by atoms with Gasteiger partial charge in [-0.2, -0.15) is 0 Å². The Morgan fingerprint density at radius 2 is 0.775 bits per heavy atom. The predicted molar refractivity (Wildman–Crippen MR) is 296 cm³/mol. The zero-order valence-electron chi connectivity index (χ0n) is 40.5. The van der Waals surface area contributed by atoms with E-state index in [0.717, 1.165) is 99.9 Å². The maximum absolute atomic E-state index is 7.40. The Balaban J connectivity index is 1.09. The van der Waals surface area contributed by atoms with Crippen LogP contribution in [0.3, 0.4) is 0 Å². The van der Waals surface area contributed by atoms with Crippen molar-refractivity contribution in [3.05, 3.63) is 192 Å². The van der Waals surface area contributed by atoms with E-state index in [1.54, 1.807) is 0 Å². The lowest BCUT2D eigenvalue weighted by atomic mass is 9.83. The SMILES string of the molecule is Cc1cccc(N(c2cccc3c2oc2c(C4CCCCC4)cccc23)c2c3ccccc3c(N(c3cccc(C)c3)c3cccc4c3oc3c(C5CCCCC5)cccc34)c3c2oc2ccccc23)c1. The maximum Gasteiger partial charge on any atom is 0.162 e. The Morgan fingerprint density at radius 1 is 0.352 bits per heavy atom. The second-order valence-corrected chi connectivity index (χ2v) is 20.5. The second kappa shape index (κ2) is 17.0. The molecule has 0 radical (unpaired) electrons.